The van der Waals surface area contributed by atoms with Crippen LogP contribution in [0.2, 0.25) is 0 Å². The molecule has 0 aliphatic rings. The van der Waals surface area contributed by atoms with Gasteiger partial charge in [-0.2, -0.15) is 13.2 Å². The molecule has 0 radical (unpaired) electrons. The normalized spacial score (nSPS) is 11.9. The summed E-state index contributed by atoms with van der Waals surface area (Å²) in [5.41, 5.74) is 30.4. The van der Waals surface area contributed by atoms with Crippen molar-refractivity contribution >= 4 is 43.6 Å². The van der Waals surface area contributed by atoms with Gasteiger partial charge in [-0.25, -0.2) is 15.0 Å². The van der Waals surface area contributed by atoms with Crippen LogP contribution in [0.15, 0.2) is 218 Å². The Morgan fingerprint density at radius 1 is 0.260 bits per heavy atom. The summed E-state index contributed by atoms with van der Waals surface area (Å²) in [4.78, 5) is 15.6. The van der Waals surface area contributed by atoms with Crippen molar-refractivity contribution in [1.82, 2.24) is 24.1 Å². The molecule has 470 valence electrons. The molecule has 5 nitrogen and oxygen atoms in total. The summed E-state index contributed by atoms with van der Waals surface area (Å²) < 4.78 is 52.0. The summed E-state index contributed by atoms with van der Waals surface area (Å²) in [6.07, 6.45) is -4.68. The zero-order valence-electron chi connectivity index (χ0n) is 56.2. The Morgan fingerprint density at radius 3 is 0.833 bits per heavy atom. The molecule has 0 bridgehead atoms. The Morgan fingerprint density at radius 2 is 0.531 bits per heavy atom. The van der Waals surface area contributed by atoms with Gasteiger partial charge in [0.1, 0.15) is 0 Å². The Balaban J connectivity index is 1.06. The summed E-state index contributed by atoms with van der Waals surface area (Å²) in [7, 11) is 0. The van der Waals surface area contributed by atoms with Crippen LogP contribution in [0.3, 0.4) is 0 Å². The van der Waals surface area contributed by atoms with E-state index >= 15 is 13.2 Å². The van der Waals surface area contributed by atoms with Gasteiger partial charge in [-0.1, -0.05) is 174 Å². The zero-order valence-corrected chi connectivity index (χ0v) is 56.2. The molecule has 0 unspecified atom stereocenters. The smallest absolute Gasteiger partial charge is 0.309 e. The van der Waals surface area contributed by atoms with Gasteiger partial charge in [-0.15, -0.1) is 0 Å². The number of hydrogen-bond donors (Lipinski definition) is 0. The number of aromatic nitrogens is 5. The number of rotatable bonds is 10. The molecule has 0 atom stereocenters. The molecule has 15 aromatic rings. The molecule has 0 aliphatic carbocycles. The summed E-state index contributed by atoms with van der Waals surface area (Å²) in [5, 5.41) is 3.91. The molecule has 0 aliphatic heterocycles. The summed E-state index contributed by atoms with van der Waals surface area (Å²) in [5.74, 6) is 1.46. The first-order valence-corrected chi connectivity index (χ1v) is 32.9. The molecule has 3 heterocycles. The quantitative estimate of drug-likeness (QED) is 0.137. The monoisotopic (exact) mass is 1260 g/mol. The fourth-order valence-electron chi connectivity index (χ4n) is 15.9. The van der Waals surface area contributed by atoms with Crippen LogP contribution in [-0.2, 0) is 6.18 Å². The number of benzene rings is 12. The van der Waals surface area contributed by atoms with Crippen LogP contribution in [0.5, 0.6) is 0 Å². The van der Waals surface area contributed by atoms with Crippen LogP contribution in [0.25, 0.3) is 145 Å². The topological polar surface area (TPSA) is 48.5 Å². The van der Waals surface area contributed by atoms with Crippen molar-refractivity contribution in [2.45, 2.75) is 89.3 Å². The maximum atomic E-state index is 15.9. The van der Waals surface area contributed by atoms with E-state index < -0.39 is 11.7 Å². The summed E-state index contributed by atoms with van der Waals surface area (Å²) in [6, 6.07) is 74.6. The van der Waals surface area contributed by atoms with Crippen molar-refractivity contribution in [1.29, 1.82) is 0 Å². The number of nitrogens with zero attached hydrogens (tertiary/aromatic N) is 5. The van der Waals surface area contributed by atoms with E-state index in [0.29, 0.717) is 39.9 Å². The molecule has 0 spiro atoms. The van der Waals surface area contributed by atoms with Gasteiger partial charge in [0.05, 0.1) is 39.0 Å². The zero-order chi connectivity index (χ0) is 66.7. The molecule has 0 fully saturated rings. The highest BCUT2D eigenvalue weighted by Crippen LogP contribution is 2.48. The van der Waals surface area contributed by atoms with Crippen molar-refractivity contribution in [3.05, 3.63) is 291 Å². The van der Waals surface area contributed by atoms with E-state index in [1.54, 1.807) is 6.07 Å². The van der Waals surface area contributed by atoms with Crippen molar-refractivity contribution in [2.24, 2.45) is 0 Å². The van der Waals surface area contributed by atoms with Crippen LogP contribution in [0.4, 0.5) is 13.2 Å². The molecule has 96 heavy (non-hydrogen) atoms. The van der Waals surface area contributed by atoms with Crippen LogP contribution in [-0.4, -0.2) is 24.1 Å². The molecule has 0 amide bonds. The summed E-state index contributed by atoms with van der Waals surface area (Å²) in [6.45, 7) is 25.9. The molecular formula is C88H72F3N5. The van der Waals surface area contributed by atoms with Gasteiger partial charge in [0.2, 0.25) is 0 Å². The number of aryl methyl sites for hydroxylation is 12. The minimum absolute atomic E-state index is 0.378. The van der Waals surface area contributed by atoms with Crippen molar-refractivity contribution in [3.63, 3.8) is 0 Å². The van der Waals surface area contributed by atoms with Gasteiger partial charge in [0.25, 0.3) is 0 Å². The van der Waals surface area contributed by atoms with Crippen molar-refractivity contribution in [3.8, 4) is 101 Å². The predicted molar refractivity (Wildman–Crippen MR) is 394 cm³/mol. The van der Waals surface area contributed by atoms with Crippen LogP contribution >= 0.6 is 0 Å². The molecule has 3 aromatic heterocycles. The fraction of sp³-hybridized carbons (Fsp3) is 0.148. The number of alkyl halides is 3. The van der Waals surface area contributed by atoms with E-state index in [9.17, 15) is 0 Å². The van der Waals surface area contributed by atoms with Gasteiger partial charge in [-0.3, -0.25) is 0 Å². The second kappa shape index (κ2) is 23.5. The van der Waals surface area contributed by atoms with Crippen LogP contribution in [0.1, 0.15) is 72.3 Å². The minimum atomic E-state index is -4.68. The molecule has 12 aromatic carbocycles. The van der Waals surface area contributed by atoms with E-state index in [0.717, 1.165) is 116 Å². The van der Waals surface area contributed by atoms with Crippen molar-refractivity contribution < 1.29 is 13.2 Å². The second-order valence-corrected chi connectivity index (χ2v) is 26.7. The number of halogens is 3. The molecule has 0 saturated heterocycles. The van der Waals surface area contributed by atoms with E-state index in [2.05, 4.69) is 226 Å². The van der Waals surface area contributed by atoms with E-state index in [1.165, 1.54) is 67.8 Å². The molecule has 15 rings (SSSR count). The minimum Gasteiger partial charge on any atom is -0.309 e. The van der Waals surface area contributed by atoms with E-state index in [4.69, 9.17) is 15.0 Å². The predicted octanol–water partition coefficient (Wildman–Crippen LogP) is 24.1. The Hall–Kier alpha value is -11.0. The molecule has 0 saturated carbocycles. The van der Waals surface area contributed by atoms with Crippen LogP contribution in [0, 0.1) is 83.1 Å². The maximum Gasteiger partial charge on any atom is 0.416 e. The fourth-order valence-corrected chi connectivity index (χ4v) is 15.9. The maximum absolute atomic E-state index is 15.9. The lowest BCUT2D eigenvalue weighted by Crippen LogP contribution is -2.08. The van der Waals surface area contributed by atoms with Crippen molar-refractivity contribution in [2.75, 3.05) is 0 Å². The Bertz CT molecular complexity index is 5330. The Labute approximate surface area is 558 Å². The highest BCUT2D eigenvalue weighted by atomic mass is 19.4. The molecular weight excluding hydrogens is 1180 g/mol. The SMILES string of the molecule is Cc1cc(C)c(-c2ccc3c(c2)c2cc(-c4c(C)cc(C)cc4C)ccc2n3-c2cc(-c3nc(-c4ccccc4)nc(-c4ccccc4)n3)ccc2-c2ccc(C(F)(F)F)cc2-n2c3ccc(-c4c(C)cc(C)cc4C)cc3c3cc(-c4c(C)cc(C)cc4C)ccc32)c(C)c1. The average molecular weight is 1260 g/mol. The van der Waals surface area contributed by atoms with Crippen LogP contribution < -0.4 is 0 Å². The lowest BCUT2D eigenvalue weighted by Gasteiger charge is -2.21. The largest absolute Gasteiger partial charge is 0.416 e. The Kier molecular flexibility index (Phi) is 15.0. The third kappa shape index (κ3) is 10.7. The summed E-state index contributed by atoms with van der Waals surface area (Å²) >= 11 is 0. The number of hydrogen-bond acceptors (Lipinski definition) is 3. The molecule has 0 N–H and O–H groups in total. The third-order valence-corrected chi connectivity index (χ3v) is 19.4. The lowest BCUT2D eigenvalue weighted by atomic mass is 9.91. The highest BCUT2D eigenvalue weighted by molar-refractivity contribution is 6.14. The first-order valence-electron chi connectivity index (χ1n) is 32.9. The molecule has 8 heteroatoms. The third-order valence-electron chi connectivity index (χ3n) is 19.4. The van der Waals surface area contributed by atoms with Gasteiger partial charge in [0.15, 0.2) is 17.5 Å². The standard InChI is InChI=1S/C88H72F3N5/c1-49-35-53(5)81(54(6)36-49)63-24-31-75-71(43-63)72-44-64(82-55(7)37-50(2)38-56(82)8)25-32-76(72)95(75)79-47-67(87-93-85(61-19-15-13-16-20-61)92-86(94-87)62-21-17-14-18-22-62)23-29-69(79)70-30-28-68(88(89,90)91)48-80(70)96-77-33-26-65(83-57(9)39-51(3)40-58(83)10)45-73(77)74-46-66(27-34-78(74)96)84-59(11)41-52(4)42-60(84)12/h13-48H,1-12H3. The second-order valence-electron chi connectivity index (χ2n) is 26.7. The van der Waals surface area contributed by atoms with E-state index in [1.807, 2.05) is 66.7 Å². The van der Waals surface area contributed by atoms with Gasteiger partial charge in [-0.05, 0) is 239 Å². The lowest BCUT2D eigenvalue weighted by molar-refractivity contribution is -0.137. The highest BCUT2D eigenvalue weighted by Gasteiger charge is 2.33. The number of fused-ring (bicyclic) bond motifs is 6. The van der Waals surface area contributed by atoms with Gasteiger partial charge >= 0.3 is 6.18 Å². The van der Waals surface area contributed by atoms with Gasteiger partial charge in [0, 0.05) is 49.4 Å². The van der Waals surface area contributed by atoms with E-state index in [-0.39, 0.29) is 0 Å². The van der Waals surface area contributed by atoms with Gasteiger partial charge < -0.3 is 9.13 Å². The first-order chi connectivity index (χ1) is 46.1. The average Bonchev–Trinajstić information content (AvgIpc) is 1.59. The first kappa shape index (κ1) is 61.2.